The van der Waals surface area contributed by atoms with Crippen LogP contribution in [0.3, 0.4) is 0 Å². The molecule has 0 saturated heterocycles. The highest BCUT2D eigenvalue weighted by atomic mass is 16.5. The third-order valence-electron chi connectivity index (χ3n) is 5.29. The quantitative estimate of drug-likeness (QED) is 0.439. The van der Waals surface area contributed by atoms with Crippen LogP contribution in [-0.2, 0) is 9.53 Å². The van der Waals surface area contributed by atoms with Crippen molar-refractivity contribution in [1.29, 1.82) is 0 Å². The van der Waals surface area contributed by atoms with E-state index in [1.165, 1.54) is 0 Å². The topological polar surface area (TPSA) is 65.4 Å². The number of unbranched alkanes of at least 4 members (excludes halogenated alkanes) is 1. The van der Waals surface area contributed by atoms with Crippen LogP contribution in [-0.4, -0.2) is 28.7 Å². The first-order valence-electron chi connectivity index (χ1n) is 10.5. The summed E-state index contributed by atoms with van der Waals surface area (Å²) in [4.78, 5) is 17.9. The van der Waals surface area contributed by atoms with Gasteiger partial charge >= 0.3 is 5.97 Å². The maximum atomic E-state index is 13.1. The van der Waals surface area contributed by atoms with Crippen molar-refractivity contribution < 1.29 is 14.3 Å². The Morgan fingerprint density at radius 3 is 2.63 bits per heavy atom. The van der Waals surface area contributed by atoms with Gasteiger partial charge in [0.05, 0.1) is 35.9 Å². The Balaban J connectivity index is 1.83. The molecule has 156 valence electrons. The van der Waals surface area contributed by atoms with Crippen molar-refractivity contribution in [3.63, 3.8) is 0 Å². The Morgan fingerprint density at radius 2 is 1.90 bits per heavy atom. The number of imidazole rings is 1. The molecule has 0 saturated carbocycles. The molecule has 0 spiro atoms. The lowest BCUT2D eigenvalue weighted by Crippen LogP contribution is -2.29. The van der Waals surface area contributed by atoms with E-state index in [1.807, 2.05) is 62.4 Å². The van der Waals surface area contributed by atoms with Gasteiger partial charge in [-0.25, -0.2) is 9.78 Å². The van der Waals surface area contributed by atoms with Gasteiger partial charge in [-0.2, -0.15) is 0 Å². The van der Waals surface area contributed by atoms with Gasteiger partial charge in [0.15, 0.2) is 0 Å². The summed E-state index contributed by atoms with van der Waals surface area (Å²) in [6, 6.07) is 15.5. The molecule has 0 fully saturated rings. The van der Waals surface area contributed by atoms with Gasteiger partial charge < -0.3 is 14.8 Å². The minimum Gasteiger partial charge on any atom is -0.494 e. The second-order valence-electron chi connectivity index (χ2n) is 7.35. The SMILES string of the molecule is CCCCOC(=O)C1=C(C)Nc2nc3ccccc3n2[C@@H]1c1ccc(OCC)cc1. The van der Waals surface area contributed by atoms with Gasteiger partial charge in [-0.15, -0.1) is 0 Å². The Labute approximate surface area is 176 Å². The smallest absolute Gasteiger partial charge is 0.338 e. The highest BCUT2D eigenvalue weighted by Crippen LogP contribution is 2.39. The normalized spacial score (nSPS) is 15.6. The lowest BCUT2D eigenvalue weighted by atomic mass is 9.95. The average Bonchev–Trinajstić information content (AvgIpc) is 3.11. The van der Waals surface area contributed by atoms with Crippen LogP contribution in [0, 0.1) is 0 Å². The molecule has 1 aliphatic rings. The lowest BCUT2D eigenvalue weighted by molar-refractivity contribution is -0.139. The van der Waals surface area contributed by atoms with Gasteiger partial charge in [0, 0.05) is 5.70 Å². The van der Waals surface area contributed by atoms with E-state index in [-0.39, 0.29) is 12.0 Å². The Morgan fingerprint density at radius 1 is 1.13 bits per heavy atom. The summed E-state index contributed by atoms with van der Waals surface area (Å²) in [5, 5.41) is 3.31. The van der Waals surface area contributed by atoms with E-state index in [2.05, 4.69) is 16.8 Å². The molecule has 1 atom stereocenters. The van der Waals surface area contributed by atoms with Crippen LogP contribution in [0.4, 0.5) is 5.95 Å². The number of carbonyl (C=O) groups excluding carboxylic acids is 1. The first kappa shape index (κ1) is 20.0. The van der Waals surface area contributed by atoms with E-state index >= 15 is 0 Å². The zero-order chi connectivity index (χ0) is 21.1. The first-order chi connectivity index (χ1) is 14.6. The lowest BCUT2D eigenvalue weighted by Gasteiger charge is -2.30. The maximum Gasteiger partial charge on any atom is 0.338 e. The van der Waals surface area contributed by atoms with E-state index in [0.717, 1.165) is 46.8 Å². The van der Waals surface area contributed by atoms with Gasteiger partial charge in [0.1, 0.15) is 5.75 Å². The number of allylic oxidation sites excluding steroid dienone is 1. The van der Waals surface area contributed by atoms with Crippen LogP contribution in [0.5, 0.6) is 5.75 Å². The third kappa shape index (κ3) is 3.65. The summed E-state index contributed by atoms with van der Waals surface area (Å²) in [5.74, 6) is 1.23. The number of ether oxygens (including phenoxy) is 2. The van der Waals surface area contributed by atoms with Gasteiger partial charge in [0.2, 0.25) is 5.95 Å². The van der Waals surface area contributed by atoms with Crippen LogP contribution >= 0.6 is 0 Å². The van der Waals surface area contributed by atoms with E-state index in [1.54, 1.807) is 0 Å². The summed E-state index contributed by atoms with van der Waals surface area (Å²) >= 11 is 0. The fourth-order valence-electron chi connectivity index (χ4n) is 3.84. The number of benzene rings is 2. The number of rotatable bonds is 7. The van der Waals surface area contributed by atoms with Crippen molar-refractivity contribution in [2.45, 2.75) is 39.7 Å². The molecule has 6 nitrogen and oxygen atoms in total. The molecule has 30 heavy (non-hydrogen) atoms. The molecule has 1 aromatic heterocycles. The summed E-state index contributed by atoms with van der Waals surface area (Å²) < 4.78 is 13.3. The van der Waals surface area contributed by atoms with Crippen LogP contribution < -0.4 is 10.1 Å². The summed E-state index contributed by atoms with van der Waals surface area (Å²) in [6.07, 6.45) is 1.82. The van der Waals surface area contributed by atoms with Crippen LogP contribution in [0.25, 0.3) is 11.0 Å². The molecule has 4 rings (SSSR count). The Kier molecular flexibility index (Phi) is 5.74. The van der Waals surface area contributed by atoms with Crippen LogP contribution in [0.2, 0.25) is 0 Å². The molecule has 1 aliphatic heterocycles. The fraction of sp³-hybridized carbons (Fsp3) is 0.333. The number of para-hydroxylation sites is 2. The highest BCUT2D eigenvalue weighted by molar-refractivity contribution is 5.94. The first-order valence-corrected chi connectivity index (χ1v) is 10.5. The van der Waals surface area contributed by atoms with Gasteiger partial charge in [0.25, 0.3) is 0 Å². The molecule has 0 amide bonds. The predicted molar refractivity (Wildman–Crippen MR) is 118 cm³/mol. The number of carbonyl (C=O) groups is 1. The van der Waals surface area contributed by atoms with E-state index in [9.17, 15) is 4.79 Å². The zero-order valence-corrected chi connectivity index (χ0v) is 17.6. The Hall–Kier alpha value is -3.28. The standard InChI is InChI=1S/C24H27N3O3/c1-4-6-15-30-23(28)21-16(3)25-24-26-19-9-7-8-10-20(19)27(24)22(21)17-11-13-18(14-12-17)29-5-2/h7-14,22H,4-6,15H2,1-3H3,(H,25,26)/t22-/m1/s1. The number of anilines is 1. The van der Waals surface area contributed by atoms with E-state index < -0.39 is 0 Å². The number of nitrogens with one attached hydrogen (secondary N) is 1. The highest BCUT2D eigenvalue weighted by Gasteiger charge is 2.34. The number of esters is 1. The summed E-state index contributed by atoms with van der Waals surface area (Å²) in [7, 11) is 0. The average molecular weight is 405 g/mol. The van der Waals surface area contributed by atoms with Crippen LogP contribution in [0.15, 0.2) is 59.8 Å². The zero-order valence-electron chi connectivity index (χ0n) is 17.6. The van der Waals surface area contributed by atoms with Crippen molar-refractivity contribution in [1.82, 2.24) is 9.55 Å². The third-order valence-corrected chi connectivity index (χ3v) is 5.29. The number of aromatic nitrogens is 2. The maximum absolute atomic E-state index is 13.1. The monoisotopic (exact) mass is 405 g/mol. The minimum absolute atomic E-state index is 0.296. The molecule has 0 unspecified atom stereocenters. The number of fused-ring (bicyclic) bond motifs is 3. The second kappa shape index (κ2) is 8.61. The number of hydrogen-bond acceptors (Lipinski definition) is 5. The molecule has 3 aromatic rings. The number of nitrogens with zero attached hydrogens (tertiary/aromatic N) is 2. The van der Waals surface area contributed by atoms with Gasteiger partial charge in [-0.1, -0.05) is 37.6 Å². The predicted octanol–water partition coefficient (Wildman–Crippen LogP) is 5.07. The van der Waals surface area contributed by atoms with E-state index in [0.29, 0.717) is 18.8 Å². The van der Waals surface area contributed by atoms with Crippen molar-refractivity contribution in [2.75, 3.05) is 18.5 Å². The van der Waals surface area contributed by atoms with E-state index in [4.69, 9.17) is 14.5 Å². The van der Waals surface area contributed by atoms with Gasteiger partial charge in [-0.05, 0) is 50.1 Å². The van der Waals surface area contributed by atoms with Crippen molar-refractivity contribution in [3.8, 4) is 5.75 Å². The van der Waals surface area contributed by atoms with Crippen molar-refractivity contribution >= 4 is 23.0 Å². The molecular weight excluding hydrogens is 378 g/mol. The molecule has 0 aliphatic carbocycles. The molecule has 6 heteroatoms. The molecule has 2 heterocycles. The summed E-state index contributed by atoms with van der Waals surface area (Å²) in [5.41, 5.74) is 4.19. The molecule has 2 aromatic carbocycles. The van der Waals surface area contributed by atoms with Crippen molar-refractivity contribution in [3.05, 3.63) is 65.4 Å². The summed E-state index contributed by atoms with van der Waals surface area (Å²) in [6.45, 7) is 6.96. The Bertz CT molecular complexity index is 1080. The molecule has 0 bridgehead atoms. The molecule has 1 N–H and O–H groups in total. The minimum atomic E-state index is -0.335. The molecular formula is C24H27N3O3. The van der Waals surface area contributed by atoms with Gasteiger partial charge in [-0.3, -0.25) is 4.57 Å². The van der Waals surface area contributed by atoms with Crippen LogP contribution in [0.1, 0.15) is 45.2 Å². The molecule has 0 radical (unpaired) electrons. The number of hydrogen-bond donors (Lipinski definition) is 1. The largest absolute Gasteiger partial charge is 0.494 e. The fourth-order valence-corrected chi connectivity index (χ4v) is 3.84. The second-order valence-corrected chi connectivity index (χ2v) is 7.35. The van der Waals surface area contributed by atoms with Crippen molar-refractivity contribution in [2.24, 2.45) is 0 Å².